The minimum atomic E-state index is -0.118. The van der Waals surface area contributed by atoms with Crippen LogP contribution in [0.25, 0.3) is 10.9 Å². The Morgan fingerprint density at radius 3 is 3.00 bits per heavy atom. The molecule has 1 N–H and O–H groups in total. The van der Waals surface area contributed by atoms with Gasteiger partial charge in [-0.25, -0.2) is 4.39 Å². The maximum atomic E-state index is 14.4. The summed E-state index contributed by atoms with van der Waals surface area (Å²) in [6.45, 7) is 5.73. The van der Waals surface area contributed by atoms with Crippen molar-refractivity contribution in [2.45, 2.75) is 38.6 Å². The molecule has 22 heavy (non-hydrogen) atoms. The molecule has 1 aromatic heterocycles. The van der Waals surface area contributed by atoms with Gasteiger partial charge in [-0.05, 0) is 44.4 Å². The molecule has 1 unspecified atom stereocenters. The fourth-order valence-electron chi connectivity index (χ4n) is 3.76. The van der Waals surface area contributed by atoms with Gasteiger partial charge in [0.15, 0.2) is 0 Å². The Hall–Kier alpha value is -1.39. The van der Waals surface area contributed by atoms with Crippen LogP contribution >= 0.6 is 0 Å². The number of fused-ring (bicyclic) bond motifs is 1. The number of rotatable bonds is 5. The standard InChI is InChI=1S/C18H25FN2O/c1-13-15-7-3-8-16(19)18(15)21(10-5-11-22-2)17(13)14-6-4-9-20-12-14/h3,7-8,14,20H,4-6,9-12H2,1-2H3. The van der Waals surface area contributed by atoms with E-state index in [2.05, 4.69) is 16.8 Å². The molecule has 120 valence electrons. The summed E-state index contributed by atoms with van der Waals surface area (Å²) in [5, 5.41) is 4.54. The SMILES string of the molecule is COCCCn1c(C2CCCNC2)c(C)c2cccc(F)c21. The molecule has 0 amide bonds. The number of nitrogens with one attached hydrogen (secondary N) is 1. The summed E-state index contributed by atoms with van der Waals surface area (Å²) < 4.78 is 21.8. The molecule has 1 aliphatic heterocycles. The third-order valence-corrected chi connectivity index (χ3v) is 4.75. The van der Waals surface area contributed by atoms with Gasteiger partial charge in [0.05, 0.1) is 5.52 Å². The first-order valence-electron chi connectivity index (χ1n) is 8.21. The van der Waals surface area contributed by atoms with Crippen LogP contribution in [0.1, 0.15) is 36.4 Å². The summed E-state index contributed by atoms with van der Waals surface area (Å²) in [6, 6.07) is 5.42. The number of ether oxygens (including phenoxy) is 1. The van der Waals surface area contributed by atoms with Gasteiger partial charge in [0, 0.05) is 43.8 Å². The molecular formula is C18H25FN2O. The van der Waals surface area contributed by atoms with E-state index in [-0.39, 0.29) is 5.82 Å². The number of benzene rings is 1. The highest BCUT2D eigenvalue weighted by Gasteiger charge is 2.24. The molecule has 0 radical (unpaired) electrons. The molecule has 4 heteroatoms. The maximum absolute atomic E-state index is 14.4. The number of nitrogens with zero attached hydrogens (tertiary/aromatic N) is 1. The van der Waals surface area contributed by atoms with Crippen LogP contribution in [0.5, 0.6) is 0 Å². The number of methoxy groups -OCH3 is 1. The van der Waals surface area contributed by atoms with E-state index in [0.717, 1.165) is 37.0 Å². The van der Waals surface area contributed by atoms with Crippen molar-refractivity contribution >= 4 is 10.9 Å². The number of para-hydroxylation sites is 1. The van der Waals surface area contributed by atoms with Crippen LogP contribution in [0, 0.1) is 12.7 Å². The number of hydrogen-bond donors (Lipinski definition) is 1. The zero-order valence-electron chi connectivity index (χ0n) is 13.5. The zero-order valence-corrected chi connectivity index (χ0v) is 13.5. The van der Waals surface area contributed by atoms with Crippen LogP contribution in [-0.2, 0) is 11.3 Å². The van der Waals surface area contributed by atoms with Crippen LogP contribution in [0.15, 0.2) is 18.2 Å². The minimum Gasteiger partial charge on any atom is -0.385 e. The summed E-state index contributed by atoms with van der Waals surface area (Å²) in [5.41, 5.74) is 3.31. The Morgan fingerprint density at radius 2 is 2.27 bits per heavy atom. The number of hydrogen-bond acceptors (Lipinski definition) is 2. The highest BCUT2D eigenvalue weighted by Crippen LogP contribution is 2.35. The molecule has 1 aliphatic rings. The molecule has 1 atom stereocenters. The second-order valence-electron chi connectivity index (χ2n) is 6.19. The Kier molecular flexibility index (Phi) is 4.79. The molecule has 0 aliphatic carbocycles. The van der Waals surface area contributed by atoms with Gasteiger partial charge in [-0.3, -0.25) is 0 Å². The van der Waals surface area contributed by atoms with E-state index in [1.54, 1.807) is 13.2 Å². The van der Waals surface area contributed by atoms with Crippen molar-refractivity contribution in [3.63, 3.8) is 0 Å². The van der Waals surface area contributed by atoms with E-state index in [9.17, 15) is 4.39 Å². The Bertz CT molecular complexity index is 644. The number of aromatic nitrogens is 1. The lowest BCUT2D eigenvalue weighted by Gasteiger charge is -2.25. The molecular weight excluding hydrogens is 279 g/mol. The summed E-state index contributed by atoms with van der Waals surface area (Å²) in [4.78, 5) is 0. The molecule has 1 saturated heterocycles. The first-order valence-corrected chi connectivity index (χ1v) is 8.21. The predicted octanol–water partition coefficient (Wildman–Crippen LogP) is 3.59. The zero-order chi connectivity index (χ0) is 15.5. The van der Waals surface area contributed by atoms with Crippen molar-refractivity contribution in [2.75, 3.05) is 26.8 Å². The first kappa shape index (κ1) is 15.5. The topological polar surface area (TPSA) is 26.2 Å². The van der Waals surface area contributed by atoms with E-state index in [1.165, 1.54) is 24.1 Å². The Balaban J connectivity index is 2.09. The van der Waals surface area contributed by atoms with E-state index < -0.39 is 0 Å². The number of halogens is 1. The maximum Gasteiger partial charge on any atom is 0.147 e. The van der Waals surface area contributed by atoms with Crippen LogP contribution < -0.4 is 5.32 Å². The van der Waals surface area contributed by atoms with Crippen molar-refractivity contribution in [3.05, 3.63) is 35.3 Å². The third-order valence-electron chi connectivity index (χ3n) is 4.75. The van der Waals surface area contributed by atoms with Crippen molar-refractivity contribution in [1.82, 2.24) is 9.88 Å². The molecule has 1 fully saturated rings. The second kappa shape index (κ2) is 6.80. The minimum absolute atomic E-state index is 0.118. The van der Waals surface area contributed by atoms with Gasteiger partial charge < -0.3 is 14.6 Å². The van der Waals surface area contributed by atoms with Crippen LogP contribution in [0.3, 0.4) is 0 Å². The lowest BCUT2D eigenvalue weighted by atomic mass is 9.93. The fourth-order valence-corrected chi connectivity index (χ4v) is 3.76. The summed E-state index contributed by atoms with van der Waals surface area (Å²) >= 11 is 0. The van der Waals surface area contributed by atoms with Gasteiger partial charge in [-0.15, -0.1) is 0 Å². The normalized spacial score (nSPS) is 19.0. The van der Waals surface area contributed by atoms with Gasteiger partial charge in [-0.2, -0.15) is 0 Å². The molecule has 0 spiro atoms. The van der Waals surface area contributed by atoms with Crippen LogP contribution in [0.4, 0.5) is 4.39 Å². The van der Waals surface area contributed by atoms with Crippen molar-refractivity contribution < 1.29 is 9.13 Å². The van der Waals surface area contributed by atoms with Gasteiger partial charge in [0.25, 0.3) is 0 Å². The van der Waals surface area contributed by atoms with Crippen molar-refractivity contribution in [2.24, 2.45) is 0 Å². The third kappa shape index (κ3) is 2.77. The van der Waals surface area contributed by atoms with Crippen LogP contribution in [0.2, 0.25) is 0 Å². The first-order chi connectivity index (χ1) is 10.7. The molecule has 2 aromatic rings. The highest BCUT2D eigenvalue weighted by atomic mass is 19.1. The van der Waals surface area contributed by atoms with Gasteiger partial charge in [0.2, 0.25) is 0 Å². The van der Waals surface area contributed by atoms with Crippen LogP contribution in [-0.4, -0.2) is 31.4 Å². The van der Waals surface area contributed by atoms with Gasteiger partial charge >= 0.3 is 0 Å². The molecule has 2 heterocycles. The summed E-state index contributed by atoms with van der Waals surface area (Å²) in [7, 11) is 1.71. The smallest absolute Gasteiger partial charge is 0.147 e. The summed E-state index contributed by atoms with van der Waals surface area (Å²) in [5.74, 6) is 0.358. The Labute approximate surface area is 131 Å². The molecule has 1 aromatic carbocycles. The number of aryl methyl sites for hydroxylation is 2. The van der Waals surface area contributed by atoms with Crippen molar-refractivity contribution in [3.8, 4) is 0 Å². The monoisotopic (exact) mass is 304 g/mol. The predicted molar refractivity (Wildman–Crippen MR) is 88.0 cm³/mol. The lowest BCUT2D eigenvalue weighted by molar-refractivity contribution is 0.190. The molecule has 3 rings (SSSR count). The van der Waals surface area contributed by atoms with E-state index in [4.69, 9.17) is 4.74 Å². The highest BCUT2D eigenvalue weighted by molar-refractivity contribution is 5.86. The van der Waals surface area contributed by atoms with E-state index in [0.29, 0.717) is 12.5 Å². The number of piperidine rings is 1. The largest absolute Gasteiger partial charge is 0.385 e. The molecule has 3 nitrogen and oxygen atoms in total. The Morgan fingerprint density at radius 1 is 1.41 bits per heavy atom. The van der Waals surface area contributed by atoms with E-state index in [1.807, 2.05) is 12.1 Å². The average Bonchev–Trinajstić information content (AvgIpc) is 2.82. The van der Waals surface area contributed by atoms with E-state index >= 15 is 0 Å². The van der Waals surface area contributed by atoms with Crippen molar-refractivity contribution in [1.29, 1.82) is 0 Å². The quantitative estimate of drug-likeness (QED) is 0.854. The molecule has 0 saturated carbocycles. The molecule has 0 bridgehead atoms. The van der Waals surface area contributed by atoms with Gasteiger partial charge in [0.1, 0.15) is 5.82 Å². The second-order valence-corrected chi connectivity index (χ2v) is 6.19. The fraction of sp³-hybridized carbons (Fsp3) is 0.556. The summed E-state index contributed by atoms with van der Waals surface area (Å²) in [6.07, 6.45) is 3.27. The lowest BCUT2D eigenvalue weighted by Crippen LogP contribution is -2.30. The average molecular weight is 304 g/mol. The van der Waals surface area contributed by atoms with Gasteiger partial charge in [-0.1, -0.05) is 12.1 Å².